The number of oxazole rings is 1. The van der Waals surface area contributed by atoms with Crippen LogP contribution in [0.5, 0.6) is 0 Å². The molecule has 0 spiro atoms. The third kappa shape index (κ3) is 4.19. The van der Waals surface area contributed by atoms with Crippen molar-refractivity contribution in [1.82, 2.24) is 4.98 Å². The largest absolute Gasteiger partial charge is 0.451 e. The van der Waals surface area contributed by atoms with E-state index in [4.69, 9.17) is 8.83 Å². The molecule has 2 aromatic heterocycles. The minimum atomic E-state index is -0.335. The van der Waals surface area contributed by atoms with Crippen LogP contribution in [0.2, 0.25) is 0 Å². The molecule has 0 fully saturated rings. The zero-order chi connectivity index (χ0) is 21.4. The van der Waals surface area contributed by atoms with Crippen LogP contribution in [-0.4, -0.2) is 10.9 Å². The van der Waals surface area contributed by atoms with Gasteiger partial charge < -0.3 is 14.2 Å². The van der Waals surface area contributed by atoms with E-state index in [2.05, 4.69) is 42.2 Å². The Morgan fingerprint density at radius 1 is 0.806 bits per heavy atom. The maximum Gasteiger partial charge on any atom is 0.291 e. The van der Waals surface area contributed by atoms with Gasteiger partial charge in [-0.1, -0.05) is 50.1 Å². The average molecular weight is 538 g/mol. The summed E-state index contributed by atoms with van der Waals surface area (Å²) in [6.45, 7) is 0. The monoisotopic (exact) mass is 536 g/mol. The number of rotatable bonds is 4. The quantitative estimate of drug-likeness (QED) is 0.257. The Hall–Kier alpha value is -3.16. The van der Waals surface area contributed by atoms with Gasteiger partial charge in [-0.25, -0.2) is 4.98 Å². The highest BCUT2D eigenvalue weighted by Crippen LogP contribution is 2.28. The van der Waals surface area contributed by atoms with Crippen LogP contribution in [0.15, 0.2) is 96.6 Å². The molecule has 5 nitrogen and oxygen atoms in total. The molecule has 0 bridgehead atoms. The van der Waals surface area contributed by atoms with Crippen molar-refractivity contribution in [2.45, 2.75) is 0 Å². The number of hydrogen-bond acceptors (Lipinski definition) is 4. The van der Waals surface area contributed by atoms with E-state index in [-0.39, 0.29) is 11.7 Å². The number of carbonyl (C=O) groups is 1. The van der Waals surface area contributed by atoms with Gasteiger partial charge >= 0.3 is 0 Å². The number of amides is 1. The minimum absolute atomic E-state index is 0.230. The molecular formula is C24H14Br2N2O3. The van der Waals surface area contributed by atoms with Crippen LogP contribution in [0.1, 0.15) is 10.6 Å². The highest BCUT2D eigenvalue weighted by atomic mass is 79.9. The van der Waals surface area contributed by atoms with E-state index >= 15 is 0 Å². The number of carbonyl (C=O) groups excluding carboxylic acids is 1. The van der Waals surface area contributed by atoms with Crippen molar-refractivity contribution in [3.8, 4) is 22.8 Å². The van der Waals surface area contributed by atoms with Crippen LogP contribution in [0.3, 0.4) is 0 Å². The lowest BCUT2D eigenvalue weighted by Gasteiger charge is -2.03. The van der Waals surface area contributed by atoms with Crippen molar-refractivity contribution in [2.75, 3.05) is 5.32 Å². The van der Waals surface area contributed by atoms with E-state index in [9.17, 15) is 4.79 Å². The van der Waals surface area contributed by atoms with Crippen LogP contribution >= 0.6 is 31.9 Å². The number of nitrogens with one attached hydrogen (secondary N) is 1. The smallest absolute Gasteiger partial charge is 0.291 e. The highest BCUT2D eigenvalue weighted by molar-refractivity contribution is 9.10. The van der Waals surface area contributed by atoms with Gasteiger partial charge in [0.15, 0.2) is 11.3 Å². The SMILES string of the molecule is O=C(Nc1ccc2oc(-c3cccc(Br)c3)nc2c1)c1ccc(-c2ccc(Br)cc2)o1. The molecule has 5 aromatic rings. The number of nitrogens with zero attached hydrogens (tertiary/aromatic N) is 1. The molecule has 2 heterocycles. The first kappa shape index (κ1) is 19.8. The van der Waals surface area contributed by atoms with E-state index in [1.807, 2.05) is 48.5 Å². The molecule has 5 rings (SSSR count). The van der Waals surface area contributed by atoms with E-state index in [0.717, 1.165) is 20.1 Å². The number of benzene rings is 3. The molecule has 7 heteroatoms. The highest BCUT2D eigenvalue weighted by Gasteiger charge is 2.14. The molecule has 0 aliphatic carbocycles. The zero-order valence-electron chi connectivity index (χ0n) is 15.9. The van der Waals surface area contributed by atoms with Crippen LogP contribution in [-0.2, 0) is 0 Å². The summed E-state index contributed by atoms with van der Waals surface area (Å²) in [6, 6.07) is 24.2. The van der Waals surface area contributed by atoms with Crippen molar-refractivity contribution < 1.29 is 13.6 Å². The van der Waals surface area contributed by atoms with Crippen LogP contribution < -0.4 is 5.32 Å². The summed E-state index contributed by atoms with van der Waals surface area (Å²) in [5.74, 6) is 1.04. The normalized spacial score (nSPS) is 11.0. The Labute approximate surface area is 194 Å². The first-order valence-electron chi connectivity index (χ1n) is 9.39. The average Bonchev–Trinajstić information content (AvgIpc) is 3.41. The molecule has 0 atom stereocenters. The second-order valence-corrected chi connectivity index (χ2v) is 8.67. The van der Waals surface area contributed by atoms with Gasteiger partial charge in [0.2, 0.25) is 5.89 Å². The lowest BCUT2D eigenvalue weighted by Crippen LogP contribution is -2.10. The summed E-state index contributed by atoms with van der Waals surface area (Å²) in [6.07, 6.45) is 0. The van der Waals surface area contributed by atoms with Crippen molar-refractivity contribution in [3.05, 3.63) is 93.6 Å². The van der Waals surface area contributed by atoms with Gasteiger partial charge in [0.25, 0.3) is 5.91 Å². The van der Waals surface area contributed by atoms with Crippen LogP contribution in [0, 0.1) is 0 Å². The van der Waals surface area contributed by atoms with Gasteiger partial charge in [0.1, 0.15) is 11.3 Å². The summed E-state index contributed by atoms with van der Waals surface area (Å²) >= 11 is 6.87. The summed E-state index contributed by atoms with van der Waals surface area (Å²) < 4.78 is 13.5. The lowest BCUT2D eigenvalue weighted by molar-refractivity contribution is 0.0997. The summed E-state index contributed by atoms with van der Waals surface area (Å²) in [7, 11) is 0. The fourth-order valence-electron chi connectivity index (χ4n) is 3.17. The molecule has 0 saturated heterocycles. The topological polar surface area (TPSA) is 68.3 Å². The van der Waals surface area contributed by atoms with Gasteiger partial charge in [-0.3, -0.25) is 4.79 Å². The molecule has 0 saturated carbocycles. The van der Waals surface area contributed by atoms with Crippen molar-refractivity contribution >= 4 is 54.6 Å². The van der Waals surface area contributed by atoms with Gasteiger partial charge in [-0.15, -0.1) is 0 Å². The molecule has 31 heavy (non-hydrogen) atoms. The number of anilines is 1. The first-order chi connectivity index (χ1) is 15.0. The number of furan rings is 1. The Bertz CT molecular complexity index is 1400. The second kappa shape index (κ2) is 8.17. The molecule has 1 N–H and O–H groups in total. The van der Waals surface area contributed by atoms with Gasteiger partial charge in [-0.2, -0.15) is 0 Å². The van der Waals surface area contributed by atoms with E-state index in [1.165, 1.54) is 0 Å². The van der Waals surface area contributed by atoms with E-state index in [0.29, 0.717) is 28.4 Å². The molecule has 0 aliphatic heterocycles. The second-order valence-electron chi connectivity index (χ2n) is 6.84. The number of halogens is 2. The third-order valence-electron chi connectivity index (χ3n) is 4.68. The Kier molecular flexibility index (Phi) is 5.21. The number of aromatic nitrogens is 1. The third-order valence-corrected chi connectivity index (χ3v) is 5.70. The van der Waals surface area contributed by atoms with E-state index < -0.39 is 0 Å². The minimum Gasteiger partial charge on any atom is -0.451 e. The van der Waals surface area contributed by atoms with Crippen molar-refractivity contribution in [2.24, 2.45) is 0 Å². The predicted octanol–water partition coefficient (Wildman–Crippen LogP) is 7.53. The van der Waals surface area contributed by atoms with Gasteiger partial charge in [0.05, 0.1) is 0 Å². The molecule has 0 aliphatic rings. The summed E-state index contributed by atoms with van der Waals surface area (Å²) in [5, 5.41) is 2.85. The summed E-state index contributed by atoms with van der Waals surface area (Å²) in [5.41, 5.74) is 3.66. The van der Waals surface area contributed by atoms with Gasteiger partial charge in [-0.05, 0) is 60.7 Å². The van der Waals surface area contributed by atoms with Crippen molar-refractivity contribution in [1.29, 1.82) is 0 Å². The molecule has 1 amide bonds. The lowest BCUT2D eigenvalue weighted by atomic mass is 10.2. The fourth-order valence-corrected chi connectivity index (χ4v) is 3.84. The molecule has 152 valence electrons. The van der Waals surface area contributed by atoms with Crippen LogP contribution in [0.25, 0.3) is 33.9 Å². The molecule has 0 unspecified atom stereocenters. The van der Waals surface area contributed by atoms with Gasteiger partial charge in [0, 0.05) is 25.8 Å². The standard InChI is InChI=1S/C24H14Br2N2O3/c25-16-6-4-14(5-7-16)20-10-11-22(30-20)23(29)27-18-8-9-21-19(13-18)28-24(31-21)15-2-1-3-17(26)12-15/h1-13H,(H,27,29). The Morgan fingerprint density at radius 3 is 2.45 bits per heavy atom. The zero-order valence-corrected chi connectivity index (χ0v) is 19.1. The number of hydrogen-bond donors (Lipinski definition) is 1. The van der Waals surface area contributed by atoms with E-state index in [1.54, 1.807) is 30.3 Å². The molecular weight excluding hydrogens is 524 g/mol. The maximum atomic E-state index is 12.7. The first-order valence-corrected chi connectivity index (χ1v) is 11.0. The van der Waals surface area contributed by atoms with Crippen LogP contribution in [0.4, 0.5) is 5.69 Å². The molecule has 3 aromatic carbocycles. The maximum absolute atomic E-state index is 12.7. The fraction of sp³-hybridized carbons (Fsp3) is 0. The number of fused-ring (bicyclic) bond motifs is 1. The predicted molar refractivity (Wildman–Crippen MR) is 127 cm³/mol. The Morgan fingerprint density at radius 2 is 1.65 bits per heavy atom. The molecule has 0 radical (unpaired) electrons. The summed E-state index contributed by atoms with van der Waals surface area (Å²) in [4.78, 5) is 17.2. The Balaban J connectivity index is 1.36. The van der Waals surface area contributed by atoms with Crippen molar-refractivity contribution in [3.63, 3.8) is 0 Å².